The van der Waals surface area contributed by atoms with Gasteiger partial charge in [0.25, 0.3) is 5.91 Å². The highest BCUT2D eigenvalue weighted by molar-refractivity contribution is 5.96. The van der Waals surface area contributed by atoms with E-state index in [9.17, 15) is 14.4 Å². The molecule has 1 aromatic carbocycles. The Morgan fingerprint density at radius 2 is 1.77 bits per heavy atom. The molecule has 0 saturated carbocycles. The van der Waals surface area contributed by atoms with Gasteiger partial charge in [-0.1, -0.05) is 43.2 Å². The monoisotopic (exact) mass is 408 g/mol. The molecule has 1 fully saturated rings. The first-order valence-electron chi connectivity index (χ1n) is 10.4. The smallest absolute Gasteiger partial charge is 0.251 e. The van der Waals surface area contributed by atoms with Crippen LogP contribution >= 0.6 is 0 Å². The molecule has 158 valence electrons. The van der Waals surface area contributed by atoms with Crippen LogP contribution in [0.3, 0.4) is 0 Å². The van der Waals surface area contributed by atoms with Gasteiger partial charge in [-0.05, 0) is 30.5 Å². The number of pyridine rings is 1. The highest BCUT2D eigenvalue weighted by Crippen LogP contribution is 2.25. The Kier molecular flexibility index (Phi) is 7.94. The third-order valence-electron chi connectivity index (χ3n) is 5.25. The molecule has 2 heterocycles. The lowest BCUT2D eigenvalue weighted by molar-refractivity contribution is -0.134. The fraction of sp³-hybridized carbons (Fsp3) is 0.391. The maximum Gasteiger partial charge on any atom is 0.251 e. The van der Waals surface area contributed by atoms with Gasteiger partial charge in [-0.25, -0.2) is 0 Å². The maximum absolute atomic E-state index is 13.1. The summed E-state index contributed by atoms with van der Waals surface area (Å²) in [4.78, 5) is 43.6. The summed E-state index contributed by atoms with van der Waals surface area (Å²) in [6.45, 7) is 1.10. The molecule has 2 N–H and O–H groups in total. The molecule has 0 radical (unpaired) electrons. The Balaban J connectivity index is 1.76. The second-order valence-corrected chi connectivity index (χ2v) is 7.40. The number of nitrogens with zero attached hydrogens (tertiary/aromatic N) is 2. The van der Waals surface area contributed by atoms with Crippen LogP contribution in [0, 0.1) is 0 Å². The lowest BCUT2D eigenvalue weighted by Crippen LogP contribution is -2.44. The van der Waals surface area contributed by atoms with Gasteiger partial charge in [-0.3, -0.25) is 19.4 Å². The van der Waals surface area contributed by atoms with Crippen molar-refractivity contribution in [3.05, 3.63) is 66.0 Å². The fourth-order valence-corrected chi connectivity index (χ4v) is 3.64. The molecule has 7 heteroatoms. The second-order valence-electron chi connectivity index (χ2n) is 7.40. The molecule has 1 aromatic heterocycles. The average molecular weight is 409 g/mol. The van der Waals surface area contributed by atoms with Gasteiger partial charge in [-0.15, -0.1) is 0 Å². The molecule has 3 amide bonds. The minimum Gasteiger partial charge on any atom is -0.356 e. The lowest BCUT2D eigenvalue weighted by atomic mass is 10.0. The summed E-state index contributed by atoms with van der Waals surface area (Å²) in [5.74, 6) is -0.583. The summed E-state index contributed by atoms with van der Waals surface area (Å²) >= 11 is 0. The molecule has 1 saturated heterocycles. The van der Waals surface area contributed by atoms with Crippen LogP contribution < -0.4 is 10.6 Å². The van der Waals surface area contributed by atoms with Crippen molar-refractivity contribution in [3.63, 3.8) is 0 Å². The topological polar surface area (TPSA) is 91.4 Å². The largest absolute Gasteiger partial charge is 0.356 e. The normalized spacial score (nSPS) is 18.1. The molecular formula is C23H28N4O3. The van der Waals surface area contributed by atoms with Crippen molar-refractivity contribution < 1.29 is 14.4 Å². The van der Waals surface area contributed by atoms with Crippen LogP contribution in [-0.2, 0) is 9.59 Å². The van der Waals surface area contributed by atoms with Crippen LogP contribution in [0.25, 0.3) is 0 Å². The minimum absolute atomic E-state index is 0.0654. The number of aromatic nitrogens is 1. The number of carbonyl (C=O) groups excluding carboxylic acids is 3. The number of carbonyl (C=O) groups is 3. The first-order chi connectivity index (χ1) is 14.6. The van der Waals surface area contributed by atoms with Crippen molar-refractivity contribution in [1.82, 2.24) is 20.5 Å². The van der Waals surface area contributed by atoms with Crippen molar-refractivity contribution >= 4 is 17.7 Å². The number of rotatable bonds is 4. The predicted octanol–water partition coefficient (Wildman–Crippen LogP) is 2.46. The number of nitrogens with one attached hydrogen (secondary N) is 2. The molecular weight excluding hydrogens is 380 g/mol. The zero-order valence-electron chi connectivity index (χ0n) is 17.0. The van der Waals surface area contributed by atoms with Gasteiger partial charge in [0.1, 0.15) is 0 Å². The third kappa shape index (κ3) is 6.14. The molecule has 30 heavy (non-hydrogen) atoms. The van der Waals surface area contributed by atoms with Gasteiger partial charge in [0.05, 0.1) is 19.0 Å². The van der Waals surface area contributed by atoms with E-state index in [0.29, 0.717) is 18.7 Å². The number of hydrogen-bond acceptors (Lipinski definition) is 4. The highest BCUT2D eigenvalue weighted by atomic mass is 16.2. The van der Waals surface area contributed by atoms with Gasteiger partial charge < -0.3 is 15.5 Å². The maximum atomic E-state index is 13.1. The molecule has 1 unspecified atom stereocenters. The zero-order chi connectivity index (χ0) is 21.2. The first kappa shape index (κ1) is 21.5. The summed E-state index contributed by atoms with van der Waals surface area (Å²) < 4.78 is 0. The van der Waals surface area contributed by atoms with Crippen LogP contribution in [-0.4, -0.2) is 47.2 Å². The average Bonchev–Trinajstić information content (AvgIpc) is 2.83. The summed E-state index contributed by atoms with van der Waals surface area (Å²) in [5.41, 5.74) is 1.37. The van der Waals surface area contributed by atoms with Crippen molar-refractivity contribution in [3.8, 4) is 0 Å². The van der Waals surface area contributed by atoms with E-state index in [-0.39, 0.29) is 36.7 Å². The predicted molar refractivity (Wildman–Crippen MR) is 114 cm³/mol. The molecule has 7 nitrogen and oxygen atoms in total. The highest BCUT2D eigenvalue weighted by Gasteiger charge is 2.27. The number of benzene rings is 1. The Labute approximate surface area is 176 Å². The third-order valence-corrected chi connectivity index (χ3v) is 5.25. The van der Waals surface area contributed by atoms with E-state index in [4.69, 9.17) is 0 Å². The van der Waals surface area contributed by atoms with E-state index in [1.165, 1.54) is 12.4 Å². The van der Waals surface area contributed by atoms with Gasteiger partial charge >= 0.3 is 0 Å². The van der Waals surface area contributed by atoms with Crippen molar-refractivity contribution in [2.45, 2.75) is 38.1 Å². The van der Waals surface area contributed by atoms with E-state index in [1.54, 1.807) is 17.0 Å². The van der Waals surface area contributed by atoms with E-state index >= 15 is 0 Å². The first-order valence-corrected chi connectivity index (χ1v) is 10.4. The Hall–Kier alpha value is -3.22. The van der Waals surface area contributed by atoms with E-state index in [2.05, 4.69) is 15.6 Å². The van der Waals surface area contributed by atoms with Crippen molar-refractivity contribution in [1.29, 1.82) is 0 Å². The summed E-state index contributed by atoms with van der Waals surface area (Å²) in [5, 5.41) is 5.66. The Morgan fingerprint density at radius 3 is 2.53 bits per heavy atom. The van der Waals surface area contributed by atoms with Crippen LogP contribution in [0.4, 0.5) is 0 Å². The molecule has 2 aromatic rings. The van der Waals surface area contributed by atoms with Crippen LogP contribution in [0.5, 0.6) is 0 Å². The lowest BCUT2D eigenvalue weighted by Gasteiger charge is -2.32. The summed E-state index contributed by atoms with van der Waals surface area (Å²) in [6, 6.07) is 12.4. The van der Waals surface area contributed by atoms with Gasteiger partial charge in [-0.2, -0.15) is 0 Å². The number of amides is 3. The van der Waals surface area contributed by atoms with Crippen molar-refractivity contribution in [2.75, 3.05) is 19.6 Å². The van der Waals surface area contributed by atoms with Crippen molar-refractivity contribution in [2.24, 2.45) is 0 Å². The van der Waals surface area contributed by atoms with E-state index in [0.717, 1.165) is 31.2 Å². The molecule has 3 rings (SSSR count). The van der Waals surface area contributed by atoms with Crippen LogP contribution in [0.1, 0.15) is 54.1 Å². The van der Waals surface area contributed by atoms with Gasteiger partial charge in [0, 0.05) is 31.0 Å². The molecule has 1 aliphatic rings. The molecule has 1 atom stereocenters. The van der Waals surface area contributed by atoms with E-state index < -0.39 is 0 Å². The van der Waals surface area contributed by atoms with E-state index in [1.807, 2.05) is 30.3 Å². The summed E-state index contributed by atoms with van der Waals surface area (Å²) in [7, 11) is 0. The quantitative estimate of drug-likeness (QED) is 0.813. The zero-order valence-corrected chi connectivity index (χ0v) is 17.0. The standard InChI is InChI=1S/C23H28N4O3/c28-21-16-20(18-8-4-3-5-9-18)27(15-7-2-1-6-12-25-21)22(29)17-26-23(30)19-10-13-24-14-11-19/h3-5,8-11,13-14,20H,1-2,6-7,12,15-17H2,(H,25,28)(H,26,30). The van der Waals surface area contributed by atoms with Gasteiger partial charge in [0.15, 0.2) is 0 Å². The summed E-state index contributed by atoms with van der Waals surface area (Å²) in [6.07, 6.45) is 7.08. The van der Waals surface area contributed by atoms with Gasteiger partial charge in [0.2, 0.25) is 11.8 Å². The van der Waals surface area contributed by atoms with Crippen LogP contribution in [0.15, 0.2) is 54.9 Å². The minimum atomic E-state index is -0.366. The molecule has 0 bridgehead atoms. The fourth-order valence-electron chi connectivity index (χ4n) is 3.64. The Bertz CT molecular complexity index is 842. The molecule has 0 aliphatic carbocycles. The molecule has 0 spiro atoms. The molecule has 1 aliphatic heterocycles. The second kappa shape index (κ2) is 11.1. The SMILES string of the molecule is O=C1CC(c2ccccc2)N(C(=O)CNC(=O)c2ccncc2)CCCCCCN1. The Morgan fingerprint density at radius 1 is 1.03 bits per heavy atom. The number of hydrogen-bond donors (Lipinski definition) is 2. The van der Waals surface area contributed by atoms with Crippen LogP contribution in [0.2, 0.25) is 0 Å².